The number of phenols is 1. The van der Waals surface area contributed by atoms with Gasteiger partial charge in [0, 0.05) is 43.9 Å². The molecule has 1 aliphatic heterocycles. The van der Waals surface area contributed by atoms with Crippen LogP contribution in [-0.4, -0.2) is 41.1 Å². The number of aromatic hydroxyl groups is 1. The first-order chi connectivity index (χ1) is 10.0. The van der Waals surface area contributed by atoms with Crippen molar-refractivity contribution in [3.8, 4) is 5.75 Å². The summed E-state index contributed by atoms with van der Waals surface area (Å²) in [5, 5.41) is 24.1. The molecular formula is C14H20FN3O3. The summed E-state index contributed by atoms with van der Waals surface area (Å²) in [6.07, 6.45) is 1.56. The molecule has 2 rings (SSSR count). The Morgan fingerprint density at radius 1 is 1.48 bits per heavy atom. The molecule has 1 heterocycles. The minimum absolute atomic E-state index is 0.202. The minimum atomic E-state index is -0.935. The van der Waals surface area contributed by atoms with Crippen LogP contribution in [0, 0.1) is 15.9 Å². The van der Waals surface area contributed by atoms with Crippen molar-refractivity contribution in [3.05, 3.63) is 33.6 Å². The van der Waals surface area contributed by atoms with Gasteiger partial charge in [-0.05, 0) is 6.42 Å². The molecule has 2 N–H and O–H groups in total. The second-order valence-electron chi connectivity index (χ2n) is 5.21. The summed E-state index contributed by atoms with van der Waals surface area (Å²) >= 11 is 0. The molecule has 6 nitrogen and oxygen atoms in total. The topological polar surface area (TPSA) is 78.6 Å². The van der Waals surface area contributed by atoms with E-state index in [0.717, 1.165) is 38.7 Å². The highest BCUT2D eigenvalue weighted by molar-refractivity contribution is 5.46. The molecule has 0 unspecified atom stereocenters. The van der Waals surface area contributed by atoms with Crippen LogP contribution in [0.4, 0.5) is 10.1 Å². The Morgan fingerprint density at radius 2 is 2.14 bits per heavy atom. The maximum absolute atomic E-state index is 13.8. The Bertz CT molecular complexity index is 518. The monoisotopic (exact) mass is 297 g/mol. The van der Waals surface area contributed by atoms with Crippen LogP contribution in [0.1, 0.15) is 31.4 Å². The Labute approximate surface area is 122 Å². The summed E-state index contributed by atoms with van der Waals surface area (Å²) in [6.45, 7) is 5.18. The molecule has 1 saturated heterocycles. The van der Waals surface area contributed by atoms with Crippen molar-refractivity contribution < 1.29 is 14.4 Å². The fourth-order valence-electron chi connectivity index (χ4n) is 2.77. The predicted octanol–water partition coefficient (Wildman–Crippen LogP) is 2.19. The van der Waals surface area contributed by atoms with Crippen LogP contribution in [0.25, 0.3) is 0 Å². The van der Waals surface area contributed by atoms with Gasteiger partial charge in [-0.1, -0.05) is 13.3 Å². The number of halogens is 1. The molecule has 0 bridgehead atoms. The van der Waals surface area contributed by atoms with E-state index in [1.165, 1.54) is 6.07 Å². The lowest BCUT2D eigenvalue weighted by Gasteiger charge is -2.35. The van der Waals surface area contributed by atoms with Crippen molar-refractivity contribution >= 4 is 5.69 Å². The first-order valence-electron chi connectivity index (χ1n) is 7.16. The van der Waals surface area contributed by atoms with Gasteiger partial charge in [0.25, 0.3) is 5.69 Å². The third kappa shape index (κ3) is 3.48. The lowest BCUT2D eigenvalue weighted by molar-refractivity contribution is -0.385. The summed E-state index contributed by atoms with van der Waals surface area (Å²) in [4.78, 5) is 12.4. The van der Waals surface area contributed by atoms with Crippen molar-refractivity contribution in [1.29, 1.82) is 0 Å². The second kappa shape index (κ2) is 6.82. The number of hydrogen-bond donors (Lipinski definition) is 2. The zero-order chi connectivity index (χ0) is 15.4. The molecule has 116 valence electrons. The van der Waals surface area contributed by atoms with Crippen LogP contribution in [0.5, 0.6) is 5.75 Å². The smallest absolute Gasteiger partial charge is 0.272 e. The number of piperazine rings is 1. The fraction of sp³-hybridized carbons (Fsp3) is 0.571. The van der Waals surface area contributed by atoms with Crippen LogP contribution in [-0.2, 0) is 0 Å². The van der Waals surface area contributed by atoms with E-state index >= 15 is 0 Å². The van der Waals surface area contributed by atoms with E-state index in [1.807, 2.05) is 6.92 Å². The standard InChI is InChI=1S/C14H20FN3O3/c1-2-3-13(17-6-4-16-5-7-17)11-8-10(18(20)21)9-12(15)14(11)19/h8-9,13,16,19H,2-7H2,1H3/t13-/m1/s1. The van der Waals surface area contributed by atoms with Crippen molar-refractivity contribution in [2.45, 2.75) is 25.8 Å². The Hall–Kier alpha value is -1.73. The van der Waals surface area contributed by atoms with Crippen LogP contribution in [0.3, 0.4) is 0 Å². The summed E-state index contributed by atoms with van der Waals surface area (Å²) < 4.78 is 13.8. The van der Waals surface area contributed by atoms with E-state index in [4.69, 9.17) is 0 Å². The van der Waals surface area contributed by atoms with E-state index in [9.17, 15) is 19.6 Å². The zero-order valence-electron chi connectivity index (χ0n) is 12.0. The molecule has 0 amide bonds. The predicted molar refractivity (Wildman–Crippen MR) is 76.8 cm³/mol. The molecule has 1 aromatic carbocycles. The van der Waals surface area contributed by atoms with E-state index in [-0.39, 0.29) is 11.7 Å². The average molecular weight is 297 g/mol. The van der Waals surface area contributed by atoms with Gasteiger partial charge in [0.2, 0.25) is 0 Å². The van der Waals surface area contributed by atoms with Gasteiger partial charge >= 0.3 is 0 Å². The SMILES string of the molecule is CCC[C@H](c1cc([N+](=O)[O-])cc(F)c1O)N1CCNCC1. The molecule has 1 atom stereocenters. The molecule has 1 aromatic rings. The van der Waals surface area contributed by atoms with Crippen molar-refractivity contribution in [2.24, 2.45) is 0 Å². The number of nitro groups is 1. The maximum Gasteiger partial charge on any atom is 0.272 e. The molecule has 0 radical (unpaired) electrons. The maximum atomic E-state index is 13.8. The molecule has 7 heteroatoms. The molecule has 1 aliphatic rings. The summed E-state index contributed by atoms with van der Waals surface area (Å²) in [7, 11) is 0. The largest absolute Gasteiger partial charge is 0.505 e. The molecule has 0 saturated carbocycles. The van der Waals surface area contributed by atoms with E-state index < -0.39 is 16.5 Å². The Morgan fingerprint density at radius 3 is 2.71 bits per heavy atom. The van der Waals surface area contributed by atoms with E-state index in [2.05, 4.69) is 10.2 Å². The highest BCUT2D eigenvalue weighted by Crippen LogP contribution is 2.36. The average Bonchev–Trinajstić information content (AvgIpc) is 2.48. The third-order valence-corrected chi connectivity index (χ3v) is 3.80. The van der Waals surface area contributed by atoms with Gasteiger partial charge in [0.05, 0.1) is 11.0 Å². The first kappa shape index (κ1) is 15.7. The molecule has 0 spiro atoms. The van der Waals surface area contributed by atoms with Gasteiger partial charge in [-0.2, -0.15) is 0 Å². The fourth-order valence-corrected chi connectivity index (χ4v) is 2.77. The molecular weight excluding hydrogens is 277 g/mol. The van der Waals surface area contributed by atoms with Crippen molar-refractivity contribution in [2.75, 3.05) is 26.2 Å². The molecule has 1 fully saturated rings. The zero-order valence-corrected chi connectivity index (χ0v) is 12.0. The van der Waals surface area contributed by atoms with Gasteiger partial charge in [-0.3, -0.25) is 15.0 Å². The van der Waals surface area contributed by atoms with Crippen molar-refractivity contribution in [1.82, 2.24) is 10.2 Å². The molecule has 21 heavy (non-hydrogen) atoms. The number of nitrogens with zero attached hydrogens (tertiary/aromatic N) is 2. The summed E-state index contributed by atoms with van der Waals surface area (Å²) in [5.41, 5.74) is -0.0120. The quantitative estimate of drug-likeness (QED) is 0.643. The van der Waals surface area contributed by atoms with Gasteiger partial charge in [0.15, 0.2) is 11.6 Å². The Balaban J connectivity index is 2.40. The van der Waals surface area contributed by atoms with Crippen LogP contribution in [0.2, 0.25) is 0 Å². The lowest BCUT2D eigenvalue weighted by atomic mass is 9.98. The second-order valence-corrected chi connectivity index (χ2v) is 5.21. The number of nitro benzene ring substituents is 1. The summed E-state index contributed by atoms with van der Waals surface area (Å²) in [5.74, 6) is -1.41. The third-order valence-electron chi connectivity index (χ3n) is 3.80. The van der Waals surface area contributed by atoms with Gasteiger partial charge < -0.3 is 10.4 Å². The molecule has 0 aliphatic carbocycles. The van der Waals surface area contributed by atoms with Crippen LogP contribution < -0.4 is 5.32 Å². The first-order valence-corrected chi connectivity index (χ1v) is 7.16. The number of nitrogens with one attached hydrogen (secondary N) is 1. The summed E-state index contributed by atoms with van der Waals surface area (Å²) in [6, 6.07) is 1.85. The van der Waals surface area contributed by atoms with E-state index in [0.29, 0.717) is 12.0 Å². The number of phenolic OH excluding ortho intramolecular Hbond substituents is 1. The highest BCUT2D eigenvalue weighted by Gasteiger charge is 2.27. The lowest BCUT2D eigenvalue weighted by Crippen LogP contribution is -2.45. The number of non-ortho nitro benzene ring substituents is 1. The number of rotatable bonds is 5. The van der Waals surface area contributed by atoms with Crippen molar-refractivity contribution in [3.63, 3.8) is 0 Å². The number of hydrogen-bond acceptors (Lipinski definition) is 5. The van der Waals surface area contributed by atoms with Crippen LogP contribution in [0.15, 0.2) is 12.1 Å². The van der Waals surface area contributed by atoms with Gasteiger partial charge in [-0.25, -0.2) is 4.39 Å². The Kier molecular flexibility index (Phi) is 5.08. The van der Waals surface area contributed by atoms with Gasteiger partial charge in [-0.15, -0.1) is 0 Å². The van der Waals surface area contributed by atoms with E-state index in [1.54, 1.807) is 0 Å². The minimum Gasteiger partial charge on any atom is -0.505 e. The molecule has 0 aromatic heterocycles. The van der Waals surface area contributed by atoms with Crippen LogP contribution >= 0.6 is 0 Å². The van der Waals surface area contributed by atoms with Gasteiger partial charge in [0.1, 0.15) is 0 Å². The highest BCUT2D eigenvalue weighted by atomic mass is 19.1. The number of benzene rings is 1. The normalized spacial score (nSPS) is 17.6.